The first-order valence-corrected chi connectivity index (χ1v) is 7.33. The van der Waals surface area contributed by atoms with Gasteiger partial charge in [-0.1, -0.05) is 42.0 Å². The van der Waals surface area contributed by atoms with Gasteiger partial charge in [0, 0.05) is 17.6 Å². The Bertz CT molecular complexity index is 825. The minimum Gasteiger partial charge on any atom is -0.348 e. The van der Waals surface area contributed by atoms with E-state index in [1.54, 1.807) is 0 Å². The maximum atomic E-state index is 12.6. The molecule has 22 heavy (non-hydrogen) atoms. The second-order valence-corrected chi connectivity index (χ2v) is 5.50. The average molecular weight is 290 g/mol. The molecule has 0 radical (unpaired) electrons. The van der Waals surface area contributed by atoms with Gasteiger partial charge in [-0.05, 0) is 37.6 Å². The highest BCUT2D eigenvalue weighted by Gasteiger charge is 2.12. The first kappa shape index (κ1) is 14.3. The molecule has 2 aromatic carbocycles. The highest BCUT2D eigenvalue weighted by Crippen LogP contribution is 2.20. The summed E-state index contributed by atoms with van der Waals surface area (Å²) in [6.45, 7) is 4.45. The van der Waals surface area contributed by atoms with Gasteiger partial charge in [-0.2, -0.15) is 0 Å². The molecule has 1 N–H and O–H groups in total. The van der Waals surface area contributed by atoms with Crippen molar-refractivity contribution >= 4 is 16.8 Å². The topological polar surface area (TPSA) is 42.0 Å². The summed E-state index contributed by atoms with van der Waals surface area (Å²) in [7, 11) is 0. The summed E-state index contributed by atoms with van der Waals surface area (Å²) < 4.78 is 0. The van der Waals surface area contributed by atoms with Crippen molar-refractivity contribution in [2.75, 3.05) is 0 Å². The number of pyridine rings is 1. The minimum atomic E-state index is -0.0649. The van der Waals surface area contributed by atoms with Crippen molar-refractivity contribution in [1.82, 2.24) is 10.3 Å². The van der Waals surface area contributed by atoms with Gasteiger partial charge in [0.25, 0.3) is 5.91 Å². The number of nitrogens with one attached hydrogen (secondary N) is 1. The van der Waals surface area contributed by atoms with Crippen LogP contribution in [0.3, 0.4) is 0 Å². The summed E-state index contributed by atoms with van der Waals surface area (Å²) in [6.07, 6.45) is 0. The van der Waals surface area contributed by atoms with Crippen LogP contribution in [0.25, 0.3) is 10.9 Å². The molecule has 0 aliphatic rings. The maximum absolute atomic E-state index is 12.6. The van der Waals surface area contributed by atoms with E-state index in [1.165, 1.54) is 0 Å². The largest absolute Gasteiger partial charge is 0.348 e. The molecule has 0 aliphatic heterocycles. The normalized spacial score (nSPS) is 10.6. The molecule has 1 heterocycles. The van der Waals surface area contributed by atoms with Gasteiger partial charge in [0.2, 0.25) is 0 Å². The number of hydrogen-bond acceptors (Lipinski definition) is 2. The van der Waals surface area contributed by atoms with Crippen molar-refractivity contribution in [1.29, 1.82) is 0 Å². The zero-order valence-electron chi connectivity index (χ0n) is 12.8. The number of fused-ring (bicyclic) bond motifs is 1. The van der Waals surface area contributed by atoms with Crippen LogP contribution < -0.4 is 5.32 Å². The predicted octanol–water partition coefficient (Wildman–Crippen LogP) is 3.78. The minimum absolute atomic E-state index is 0.0649. The number of rotatable bonds is 3. The fraction of sp³-hybridized carbons (Fsp3) is 0.158. The quantitative estimate of drug-likeness (QED) is 0.797. The van der Waals surface area contributed by atoms with E-state index in [1.807, 2.05) is 68.4 Å². The molecule has 0 unspecified atom stereocenters. The van der Waals surface area contributed by atoms with Crippen LogP contribution in [0.1, 0.15) is 27.2 Å². The van der Waals surface area contributed by atoms with Gasteiger partial charge in [-0.25, -0.2) is 0 Å². The molecule has 0 atom stereocenters. The van der Waals surface area contributed by atoms with Gasteiger partial charge in [0.15, 0.2) is 0 Å². The number of hydrogen-bond donors (Lipinski definition) is 1. The molecule has 3 heteroatoms. The van der Waals surface area contributed by atoms with Crippen molar-refractivity contribution in [2.24, 2.45) is 0 Å². The molecule has 3 aromatic rings. The average Bonchev–Trinajstić information content (AvgIpc) is 2.53. The first-order chi connectivity index (χ1) is 10.6. The molecule has 0 spiro atoms. The molecule has 1 amide bonds. The number of amides is 1. The van der Waals surface area contributed by atoms with Gasteiger partial charge in [-0.15, -0.1) is 0 Å². The Balaban J connectivity index is 1.91. The van der Waals surface area contributed by atoms with Gasteiger partial charge < -0.3 is 5.32 Å². The lowest BCUT2D eigenvalue weighted by Crippen LogP contribution is -2.23. The fourth-order valence-corrected chi connectivity index (χ4v) is 2.53. The van der Waals surface area contributed by atoms with Crippen molar-refractivity contribution < 1.29 is 4.79 Å². The summed E-state index contributed by atoms with van der Waals surface area (Å²) in [6, 6.07) is 17.7. The van der Waals surface area contributed by atoms with Gasteiger partial charge >= 0.3 is 0 Å². The van der Waals surface area contributed by atoms with E-state index in [2.05, 4.69) is 10.3 Å². The monoisotopic (exact) mass is 290 g/mol. The van der Waals surface area contributed by atoms with Crippen molar-refractivity contribution in [3.63, 3.8) is 0 Å². The molecule has 0 aliphatic carbocycles. The summed E-state index contributed by atoms with van der Waals surface area (Å²) in [5.74, 6) is -0.0649. The first-order valence-electron chi connectivity index (χ1n) is 7.33. The third-order valence-corrected chi connectivity index (χ3v) is 3.63. The van der Waals surface area contributed by atoms with Crippen LogP contribution in [0.4, 0.5) is 0 Å². The molecule has 110 valence electrons. The molecule has 0 bridgehead atoms. The highest BCUT2D eigenvalue weighted by atomic mass is 16.1. The predicted molar refractivity (Wildman–Crippen MR) is 88.8 cm³/mol. The van der Waals surface area contributed by atoms with Gasteiger partial charge in [0.05, 0.1) is 11.1 Å². The molecule has 0 saturated carbocycles. The Hall–Kier alpha value is -2.68. The SMILES string of the molecule is Cc1ccc2nc(C)cc(C(=O)NCc3ccccc3)c2c1. The summed E-state index contributed by atoms with van der Waals surface area (Å²) >= 11 is 0. The lowest BCUT2D eigenvalue weighted by Gasteiger charge is -2.10. The Morgan fingerprint density at radius 3 is 2.59 bits per heavy atom. The van der Waals surface area contributed by atoms with Gasteiger partial charge in [0.1, 0.15) is 0 Å². The number of benzene rings is 2. The number of aromatic nitrogens is 1. The summed E-state index contributed by atoms with van der Waals surface area (Å²) in [4.78, 5) is 17.1. The fourth-order valence-electron chi connectivity index (χ4n) is 2.53. The lowest BCUT2D eigenvalue weighted by molar-refractivity contribution is 0.0952. The second kappa shape index (κ2) is 5.98. The smallest absolute Gasteiger partial charge is 0.252 e. The van der Waals surface area contributed by atoms with Crippen LogP contribution in [0.2, 0.25) is 0 Å². The number of nitrogens with zero attached hydrogens (tertiary/aromatic N) is 1. The van der Waals surface area contributed by atoms with Gasteiger partial charge in [-0.3, -0.25) is 9.78 Å². The highest BCUT2D eigenvalue weighted by molar-refractivity contribution is 6.06. The third-order valence-electron chi connectivity index (χ3n) is 3.63. The molecule has 3 rings (SSSR count). The lowest BCUT2D eigenvalue weighted by atomic mass is 10.0. The summed E-state index contributed by atoms with van der Waals surface area (Å²) in [5.41, 5.74) is 4.59. The van der Waals surface area contributed by atoms with Crippen LogP contribution in [-0.4, -0.2) is 10.9 Å². The standard InChI is InChI=1S/C19H18N2O/c1-13-8-9-18-16(10-13)17(11-14(2)21-18)19(22)20-12-15-6-4-3-5-7-15/h3-11H,12H2,1-2H3,(H,20,22). The van der Waals surface area contributed by atoms with E-state index in [0.29, 0.717) is 12.1 Å². The Labute approximate surface area is 130 Å². The van der Waals surface area contributed by atoms with Crippen LogP contribution in [0.5, 0.6) is 0 Å². The van der Waals surface area contributed by atoms with E-state index >= 15 is 0 Å². The maximum Gasteiger partial charge on any atom is 0.252 e. The second-order valence-electron chi connectivity index (χ2n) is 5.50. The van der Waals surface area contributed by atoms with Crippen LogP contribution in [0, 0.1) is 13.8 Å². The molecule has 3 nitrogen and oxygen atoms in total. The zero-order chi connectivity index (χ0) is 15.5. The number of carbonyl (C=O) groups is 1. The van der Waals surface area contributed by atoms with Crippen LogP contribution in [0.15, 0.2) is 54.6 Å². The third kappa shape index (κ3) is 2.98. The molecular formula is C19H18N2O. The zero-order valence-corrected chi connectivity index (χ0v) is 12.8. The van der Waals surface area contributed by atoms with Crippen LogP contribution in [-0.2, 0) is 6.54 Å². The van der Waals surface area contributed by atoms with E-state index in [-0.39, 0.29) is 5.91 Å². The molecule has 0 saturated heterocycles. The Kier molecular flexibility index (Phi) is 3.88. The number of aryl methyl sites for hydroxylation is 2. The Morgan fingerprint density at radius 2 is 1.82 bits per heavy atom. The molecular weight excluding hydrogens is 272 g/mol. The van der Waals surface area contributed by atoms with E-state index in [9.17, 15) is 4.79 Å². The van der Waals surface area contributed by atoms with Crippen LogP contribution >= 0.6 is 0 Å². The van der Waals surface area contributed by atoms with E-state index in [4.69, 9.17) is 0 Å². The Morgan fingerprint density at radius 1 is 1.05 bits per heavy atom. The van der Waals surface area contributed by atoms with E-state index in [0.717, 1.165) is 27.7 Å². The van der Waals surface area contributed by atoms with Crippen molar-refractivity contribution in [3.8, 4) is 0 Å². The van der Waals surface area contributed by atoms with E-state index < -0.39 is 0 Å². The molecule has 1 aromatic heterocycles. The summed E-state index contributed by atoms with van der Waals surface area (Å²) in [5, 5.41) is 3.89. The number of carbonyl (C=O) groups excluding carboxylic acids is 1. The molecule has 0 fully saturated rings. The van der Waals surface area contributed by atoms with Crippen molar-refractivity contribution in [2.45, 2.75) is 20.4 Å². The van der Waals surface area contributed by atoms with Crippen molar-refractivity contribution in [3.05, 3.63) is 77.0 Å².